The van der Waals surface area contributed by atoms with E-state index in [-0.39, 0.29) is 17.0 Å². The normalized spacial score (nSPS) is 13.5. The van der Waals surface area contributed by atoms with Crippen LogP contribution in [-0.4, -0.2) is 25.5 Å². The summed E-state index contributed by atoms with van der Waals surface area (Å²) in [5.41, 5.74) is 0.811. The van der Waals surface area contributed by atoms with Crippen LogP contribution in [0.3, 0.4) is 0 Å². The maximum absolute atomic E-state index is 13.8. The fraction of sp³-hybridized carbons (Fsp3) is 0.120. The van der Waals surface area contributed by atoms with Gasteiger partial charge in [-0.3, -0.25) is 9.59 Å². The van der Waals surface area contributed by atoms with Gasteiger partial charge in [-0.05, 0) is 49.4 Å². The van der Waals surface area contributed by atoms with Crippen LogP contribution >= 0.6 is 0 Å². The summed E-state index contributed by atoms with van der Waals surface area (Å²) in [5.74, 6) is -2.36. The number of carbonyl (C=O) groups is 2. The number of imide groups is 1. The number of para-hydroxylation sites is 1. The second-order valence-electron chi connectivity index (χ2n) is 7.08. The summed E-state index contributed by atoms with van der Waals surface area (Å²) in [6.07, 6.45) is 0. The smallest absolute Gasteiger partial charge is 0.282 e. The highest BCUT2D eigenvalue weighted by molar-refractivity contribution is 6.46. The third-order valence-corrected chi connectivity index (χ3v) is 5.06. The number of halogens is 2. The summed E-state index contributed by atoms with van der Waals surface area (Å²) in [7, 11) is 1.45. The molecule has 0 bridgehead atoms. The molecular formula is C25H20F2N2O4. The van der Waals surface area contributed by atoms with Gasteiger partial charge in [0.25, 0.3) is 11.8 Å². The number of nitrogens with zero attached hydrogens (tertiary/aromatic N) is 1. The maximum atomic E-state index is 13.8. The molecule has 33 heavy (non-hydrogen) atoms. The summed E-state index contributed by atoms with van der Waals surface area (Å²) in [6.45, 7) is 2.32. The average molecular weight is 450 g/mol. The minimum absolute atomic E-state index is 0.0519. The van der Waals surface area contributed by atoms with Crippen molar-refractivity contribution < 1.29 is 27.8 Å². The molecule has 168 valence electrons. The molecule has 0 aromatic heterocycles. The number of anilines is 2. The van der Waals surface area contributed by atoms with Crippen LogP contribution in [0.2, 0.25) is 0 Å². The number of hydrogen-bond donors (Lipinski definition) is 1. The molecule has 6 nitrogen and oxygen atoms in total. The molecular weight excluding hydrogens is 430 g/mol. The van der Waals surface area contributed by atoms with Crippen LogP contribution < -0.4 is 19.7 Å². The highest BCUT2D eigenvalue weighted by Crippen LogP contribution is 2.37. The van der Waals surface area contributed by atoms with E-state index in [2.05, 4.69) is 5.32 Å². The van der Waals surface area contributed by atoms with E-state index in [1.165, 1.54) is 13.2 Å². The Labute approximate surface area is 189 Å². The molecule has 1 N–H and O–H groups in total. The van der Waals surface area contributed by atoms with Gasteiger partial charge in [-0.2, -0.15) is 0 Å². The Morgan fingerprint density at radius 2 is 1.64 bits per heavy atom. The van der Waals surface area contributed by atoms with E-state index in [1.54, 1.807) is 48.5 Å². The van der Waals surface area contributed by atoms with Gasteiger partial charge in [0.05, 0.1) is 25.0 Å². The highest BCUT2D eigenvalue weighted by Gasteiger charge is 2.41. The molecule has 0 atom stereocenters. The molecule has 0 saturated heterocycles. The molecule has 0 spiro atoms. The van der Waals surface area contributed by atoms with Crippen molar-refractivity contribution in [3.05, 3.63) is 89.6 Å². The Hall–Kier alpha value is -4.20. The van der Waals surface area contributed by atoms with Gasteiger partial charge >= 0.3 is 0 Å². The van der Waals surface area contributed by atoms with Gasteiger partial charge in [-0.15, -0.1) is 0 Å². The van der Waals surface area contributed by atoms with E-state index in [0.717, 1.165) is 17.0 Å². The Morgan fingerprint density at radius 1 is 0.909 bits per heavy atom. The van der Waals surface area contributed by atoms with Crippen molar-refractivity contribution in [2.24, 2.45) is 0 Å². The van der Waals surface area contributed by atoms with Crippen LogP contribution in [0.1, 0.15) is 12.5 Å². The summed E-state index contributed by atoms with van der Waals surface area (Å²) in [5, 5.41) is 2.80. The van der Waals surface area contributed by atoms with E-state index < -0.39 is 23.4 Å². The summed E-state index contributed by atoms with van der Waals surface area (Å²) >= 11 is 0. The Bertz CT molecular complexity index is 1260. The number of rotatable bonds is 7. The Kier molecular flexibility index (Phi) is 6.08. The first-order chi connectivity index (χ1) is 15.9. The number of nitrogens with one attached hydrogen (secondary N) is 1. The van der Waals surface area contributed by atoms with Crippen molar-refractivity contribution in [2.75, 3.05) is 23.9 Å². The van der Waals surface area contributed by atoms with Gasteiger partial charge in [-0.25, -0.2) is 13.7 Å². The van der Waals surface area contributed by atoms with Crippen molar-refractivity contribution in [3.8, 4) is 11.5 Å². The maximum Gasteiger partial charge on any atom is 0.282 e. The van der Waals surface area contributed by atoms with E-state index >= 15 is 0 Å². The summed E-state index contributed by atoms with van der Waals surface area (Å²) < 4.78 is 38.0. The zero-order valence-corrected chi connectivity index (χ0v) is 17.9. The molecule has 0 saturated carbocycles. The first kappa shape index (κ1) is 22.0. The van der Waals surface area contributed by atoms with E-state index in [0.29, 0.717) is 29.4 Å². The number of ether oxygens (including phenoxy) is 2. The minimum atomic E-state index is -1.08. The first-order valence-corrected chi connectivity index (χ1v) is 10.2. The Morgan fingerprint density at radius 3 is 2.30 bits per heavy atom. The lowest BCUT2D eigenvalue weighted by atomic mass is 10.0. The van der Waals surface area contributed by atoms with Gasteiger partial charge in [0.1, 0.15) is 17.2 Å². The van der Waals surface area contributed by atoms with Crippen LogP contribution in [0, 0.1) is 11.6 Å². The fourth-order valence-corrected chi connectivity index (χ4v) is 3.56. The third-order valence-electron chi connectivity index (χ3n) is 5.06. The molecule has 3 aromatic carbocycles. The fourth-order valence-electron chi connectivity index (χ4n) is 3.56. The lowest BCUT2D eigenvalue weighted by Gasteiger charge is -2.16. The zero-order chi connectivity index (χ0) is 23.5. The quantitative estimate of drug-likeness (QED) is 0.526. The van der Waals surface area contributed by atoms with Crippen LogP contribution in [0.25, 0.3) is 5.57 Å². The lowest BCUT2D eigenvalue weighted by molar-refractivity contribution is -0.120. The predicted molar refractivity (Wildman–Crippen MR) is 120 cm³/mol. The summed E-state index contributed by atoms with van der Waals surface area (Å²) in [6, 6.07) is 16.4. The molecule has 0 fully saturated rings. The van der Waals surface area contributed by atoms with Crippen LogP contribution in [0.4, 0.5) is 20.2 Å². The Balaban J connectivity index is 1.81. The van der Waals surface area contributed by atoms with E-state index in [1.807, 2.05) is 6.92 Å². The van der Waals surface area contributed by atoms with Crippen LogP contribution in [0.15, 0.2) is 72.4 Å². The molecule has 1 aliphatic rings. The molecule has 0 unspecified atom stereocenters. The monoisotopic (exact) mass is 450 g/mol. The SMILES string of the molecule is CCOc1ccc(N2C(=O)C(Nc3ccc(F)c(F)c3)=C(c3ccccc3OC)C2=O)cc1. The van der Waals surface area contributed by atoms with Crippen LogP contribution in [0.5, 0.6) is 11.5 Å². The van der Waals surface area contributed by atoms with Gasteiger partial charge in [-0.1, -0.05) is 18.2 Å². The van der Waals surface area contributed by atoms with Gasteiger partial charge in [0.15, 0.2) is 11.6 Å². The second kappa shape index (κ2) is 9.12. The highest BCUT2D eigenvalue weighted by atomic mass is 19.2. The predicted octanol–water partition coefficient (Wildman–Crippen LogP) is 4.77. The molecule has 0 aliphatic carbocycles. The van der Waals surface area contributed by atoms with Crippen molar-refractivity contribution in [1.82, 2.24) is 0 Å². The lowest BCUT2D eigenvalue weighted by Crippen LogP contribution is -2.32. The number of carbonyl (C=O) groups excluding carboxylic acids is 2. The number of hydrogen-bond acceptors (Lipinski definition) is 5. The second-order valence-corrected chi connectivity index (χ2v) is 7.08. The average Bonchev–Trinajstić information content (AvgIpc) is 3.06. The van der Waals surface area contributed by atoms with Crippen LogP contribution in [-0.2, 0) is 9.59 Å². The van der Waals surface area contributed by atoms with Crippen molar-refractivity contribution >= 4 is 28.8 Å². The molecule has 1 heterocycles. The van der Waals surface area contributed by atoms with E-state index in [4.69, 9.17) is 9.47 Å². The molecule has 2 amide bonds. The summed E-state index contributed by atoms with van der Waals surface area (Å²) in [4.78, 5) is 27.9. The zero-order valence-electron chi connectivity index (χ0n) is 17.9. The van der Waals surface area contributed by atoms with Crippen molar-refractivity contribution in [3.63, 3.8) is 0 Å². The number of benzene rings is 3. The third kappa shape index (κ3) is 4.15. The van der Waals surface area contributed by atoms with Crippen molar-refractivity contribution in [2.45, 2.75) is 6.92 Å². The molecule has 1 aliphatic heterocycles. The van der Waals surface area contributed by atoms with Gasteiger partial charge in [0.2, 0.25) is 0 Å². The molecule has 4 rings (SSSR count). The van der Waals surface area contributed by atoms with Gasteiger partial charge < -0.3 is 14.8 Å². The number of amides is 2. The minimum Gasteiger partial charge on any atom is -0.496 e. The standard InChI is InChI=1S/C25H20F2N2O4/c1-3-33-17-11-9-16(10-12-17)29-24(30)22(18-6-4-5-7-21(18)32-2)23(25(29)31)28-15-8-13-19(26)20(27)14-15/h4-14,28H,3H2,1-2H3. The molecule has 0 radical (unpaired) electrons. The van der Waals surface area contributed by atoms with Gasteiger partial charge in [0, 0.05) is 17.3 Å². The largest absolute Gasteiger partial charge is 0.496 e. The number of methoxy groups -OCH3 is 1. The van der Waals surface area contributed by atoms with E-state index in [9.17, 15) is 18.4 Å². The molecule has 8 heteroatoms. The van der Waals surface area contributed by atoms with Crippen molar-refractivity contribution in [1.29, 1.82) is 0 Å². The molecule has 3 aromatic rings. The topological polar surface area (TPSA) is 67.9 Å². The first-order valence-electron chi connectivity index (χ1n) is 10.2.